The Labute approximate surface area is 136 Å². The fourth-order valence-corrected chi connectivity index (χ4v) is 2.77. The van der Waals surface area contributed by atoms with Crippen molar-refractivity contribution >= 4 is 38.4 Å². The van der Waals surface area contributed by atoms with Crippen LogP contribution in [0, 0.1) is 0 Å². The van der Waals surface area contributed by atoms with E-state index >= 15 is 0 Å². The molecule has 4 nitrogen and oxygen atoms in total. The van der Waals surface area contributed by atoms with Crippen LogP contribution in [0.4, 0.5) is 5.69 Å². The lowest BCUT2D eigenvalue weighted by atomic mass is 10.2. The highest BCUT2D eigenvalue weighted by atomic mass is 79.9. The van der Waals surface area contributed by atoms with Gasteiger partial charge in [0.25, 0.3) is 0 Å². The summed E-state index contributed by atoms with van der Waals surface area (Å²) in [6.45, 7) is 0.607. The molecule has 0 spiro atoms. The lowest BCUT2D eigenvalue weighted by Gasteiger charge is -2.07. The number of aromatic hydroxyl groups is 1. The summed E-state index contributed by atoms with van der Waals surface area (Å²) in [5, 5.41) is 13.3. The van der Waals surface area contributed by atoms with E-state index in [-0.39, 0.29) is 11.7 Å². The van der Waals surface area contributed by atoms with Crippen molar-refractivity contribution < 1.29 is 9.90 Å². The predicted octanol–water partition coefficient (Wildman–Crippen LogP) is 4.14. The monoisotopic (exact) mass is 358 g/mol. The quantitative estimate of drug-likeness (QED) is 0.736. The van der Waals surface area contributed by atoms with Crippen molar-refractivity contribution in [2.75, 3.05) is 5.32 Å². The van der Waals surface area contributed by atoms with Crippen LogP contribution >= 0.6 is 15.9 Å². The Hall–Kier alpha value is -2.27. The minimum atomic E-state index is -0.0791. The standard InChI is InChI=1S/C17H15BrN2O2/c18-13-4-5-16-12(10-13)6-8-20(16)9-7-17(22)19-14-2-1-3-15(21)11-14/h1-6,8,10-11,21H,7,9H2,(H,19,22). The summed E-state index contributed by atoms with van der Waals surface area (Å²) in [5.41, 5.74) is 1.71. The summed E-state index contributed by atoms with van der Waals surface area (Å²) in [7, 11) is 0. The third kappa shape index (κ3) is 3.31. The first kappa shape index (κ1) is 14.7. The molecule has 0 unspecified atom stereocenters. The van der Waals surface area contributed by atoms with Crippen molar-refractivity contribution in [2.45, 2.75) is 13.0 Å². The average Bonchev–Trinajstić information content (AvgIpc) is 2.87. The van der Waals surface area contributed by atoms with Gasteiger partial charge >= 0.3 is 0 Å². The van der Waals surface area contributed by atoms with E-state index in [0.29, 0.717) is 18.7 Å². The Kier molecular flexibility index (Phi) is 4.15. The van der Waals surface area contributed by atoms with E-state index in [1.54, 1.807) is 18.2 Å². The minimum Gasteiger partial charge on any atom is -0.508 e. The SMILES string of the molecule is O=C(CCn1ccc2cc(Br)ccc21)Nc1cccc(O)c1. The predicted molar refractivity (Wildman–Crippen MR) is 91.0 cm³/mol. The molecule has 22 heavy (non-hydrogen) atoms. The van der Waals surface area contributed by atoms with Gasteiger partial charge in [-0.15, -0.1) is 0 Å². The van der Waals surface area contributed by atoms with Crippen LogP contribution in [0.15, 0.2) is 59.2 Å². The van der Waals surface area contributed by atoms with E-state index in [0.717, 1.165) is 15.4 Å². The van der Waals surface area contributed by atoms with Gasteiger partial charge in [-0.1, -0.05) is 22.0 Å². The number of fused-ring (bicyclic) bond motifs is 1. The number of anilines is 1. The fourth-order valence-electron chi connectivity index (χ4n) is 2.40. The number of amides is 1. The van der Waals surface area contributed by atoms with Crippen LogP contribution < -0.4 is 5.32 Å². The molecule has 3 aromatic rings. The number of phenolic OH excluding ortho intramolecular Hbond substituents is 1. The number of rotatable bonds is 4. The number of aromatic nitrogens is 1. The van der Waals surface area contributed by atoms with Crippen molar-refractivity contribution in [1.29, 1.82) is 0 Å². The van der Waals surface area contributed by atoms with Gasteiger partial charge in [-0.2, -0.15) is 0 Å². The summed E-state index contributed by atoms with van der Waals surface area (Å²) in [4.78, 5) is 12.0. The number of nitrogens with one attached hydrogen (secondary N) is 1. The highest BCUT2D eigenvalue weighted by Gasteiger charge is 2.06. The average molecular weight is 359 g/mol. The van der Waals surface area contributed by atoms with E-state index < -0.39 is 0 Å². The van der Waals surface area contributed by atoms with Gasteiger partial charge in [0.1, 0.15) is 5.75 Å². The fraction of sp³-hybridized carbons (Fsp3) is 0.118. The molecule has 0 bridgehead atoms. The minimum absolute atomic E-state index is 0.0791. The second-order valence-corrected chi connectivity index (χ2v) is 5.98. The molecular weight excluding hydrogens is 344 g/mol. The molecule has 1 amide bonds. The first-order chi connectivity index (χ1) is 10.6. The van der Waals surface area contributed by atoms with Crippen molar-refractivity contribution in [3.8, 4) is 5.75 Å². The maximum Gasteiger partial charge on any atom is 0.226 e. The van der Waals surface area contributed by atoms with Gasteiger partial charge in [0.15, 0.2) is 0 Å². The number of hydrogen-bond acceptors (Lipinski definition) is 2. The van der Waals surface area contributed by atoms with Gasteiger partial charge in [0, 0.05) is 46.3 Å². The smallest absolute Gasteiger partial charge is 0.226 e. The molecule has 2 N–H and O–H groups in total. The normalized spacial score (nSPS) is 10.8. The third-order valence-electron chi connectivity index (χ3n) is 3.44. The van der Waals surface area contributed by atoms with E-state index in [1.807, 2.05) is 24.4 Å². The van der Waals surface area contributed by atoms with E-state index in [1.165, 1.54) is 6.07 Å². The number of benzene rings is 2. The summed E-state index contributed by atoms with van der Waals surface area (Å²) >= 11 is 3.45. The molecule has 0 radical (unpaired) electrons. The molecule has 1 heterocycles. The maximum atomic E-state index is 12.0. The summed E-state index contributed by atoms with van der Waals surface area (Å²) < 4.78 is 3.10. The molecule has 0 aliphatic heterocycles. The number of hydrogen-bond donors (Lipinski definition) is 2. The number of phenols is 1. The molecule has 2 aromatic carbocycles. The second kappa shape index (κ2) is 6.23. The maximum absolute atomic E-state index is 12.0. The van der Waals surface area contributed by atoms with Gasteiger partial charge in [-0.05, 0) is 36.4 Å². The van der Waals surface area contributed by atoms with Crippen LogP contribution in [-0.2, 0) is 11.3 Å². The largest absolute Gasteiger partial charge is 0.508 e. The summed E-state index contributed by atoms with van der Waals surface area (Å²) in [6, 6.07) is 14.7. The highest BCUT2D eigenvalue weighted by molar-refractivity contribution is 9.10. The molecule has 5 heteroatoms. The van der Waals surface area contributed by atoms with Gasteiger partial charge in [0.2, 0.25) is 5.91 Å². The number of carbonyl (C=O) groups excluding carboxylic acids is 1. The molecule has 0 aliphatic carbocycles. The van der Waals surface area contributed by atoms with Crippen molar-refractivity contribution in [3.63, 3.8) is 0 Å². The van der Waals surface area contributed by atoms with E-state index in [4.69, 9.17) is 0 Å². The Morgan fingerprint density at radius 1 is 1.18 bits per heavy atom. The summed E-state index contributed by atoms with van der Waals surface area (Å²) in [5.74, 6) is 0.0596. The van der Waals surface area contributed by atoms with Crippen LogP contribution in [-0.4, -0.2) is 15.6 Å². The van der Waals surface area contributed by atoms with Crippen LogP contribution in [0.2, 0.25) is 0 Å². The molecule has 1 aromatic heterocycles. The molecule has 0 fully saturated rings. The van der Waals surface area contributed by atoms with Gasteiger partial charge in [-0.3, -0.25) is 4.79 Å². The Bertz CT molecular complexity index is 826. The van der Waals surface area contributed by atoms with Crippen molar-refractivity contribution in [3.05, 3.63) is 59.2 Å². The number of carbonyl (C=O) groups is 1. The molecule has 0 aliphatic rings. The van der Waals surface area contributed by atoms with Gasteiger partial charge in [0.05, 0.1) is 0 Å². The second-order valence-electron chi connectivity index (χ2n) is 5.06. The Morgan fingerprint density at radius 3 is 2.86 bits per heavy atom. The lowest BCUT2D eigenvalue weighted by Crippen LogP contribution is -2.14. The molecule has 112 valence electrons. The van der Waals surface area contributed by atoms with Crippen LogP contribution in [0.25, 0.3) is 10.9 Å². The van der Waals surface area contributed by atoms with E-state index in [2.05, 4.69) is 31.9 Å². The zero-order valence-corrected chi connectivity index (χ0v) is 13.4. The zero-order valence-electron chi connectivity index (χ0n) is 11.8. The van der Waals surface area contributed by atoms with Crippen molar-refractivity contribution in [2.24, 2.45) is 0 Å². The molecule has 0 saturated heterocycles. The van der Waals surface area contributed by atoms with Crippen LogP contribution in [0.1, 0.15) is 6.42 Å². The van der Waals surface area contributed by atoms with Gasteiger partial charge in [-0.25, -0.2) is 0 Å². The van der Waals surface area contributed by atoms with Crippen LogP contribution in [0.3, 0.4) is 0 Å². The first-order valence-electron chi connectivity index (χ1n) is 6.95. The molecule has 0 saturated carbocycles. The molecule has 0 atom stereocenters. The third-order valence-corrected chi connectivity index (χ3v) is 3.94. The van der Waals surface area contributed by atoms with E-state index in [9.17, 15) is 9.90 Å². The highest BCUT2D eigenvalue weighted by Crippen LogP contribution is 2.21. The molecule has 3 rings (SSSR count). The molecular formula is C17H15BrN2O2. The summed E-state index contributed by atoms with van der Waals surface area (Å²) in [6.07, 6.45) is 2.36. The number of aryl methyl sites for hydroxylation is 1. The number of nitrogens with zero attached hydrogens (tertiary/aromatic N) is 1. The zero-order chi connectivity index (χ0) is 15.5. The lowest BCUT2D eigenvalue weighted by molar-refractivity contribution is -0.116. The topological polar surface area (TPSA) is 54.3 Å². The number of halogens is 1. The Morgan fingerprint density at radius 2 is 2.05 bits per heavy atom. The Balaban J connectivity index is 1.65. The van der Waals surface area contributed by atoms with Crippen molar-refractivity contribution in [1.82, 2.24) is 4.57 Å². The van der Waals surface area contributed by atoms with Gasteiger partial charge < -0.3 is 15.0 Å². The van der Waals surface area contributed by atoms with Crippen LogP contribution in [0.5, 0.6) is 5.75 Å². The first-order valence-corrected chi connectivity index (χ1v) is 7.74.